The molecule has 0 aromatic heterocycles. The van der Waals surface area contributed by atoms with Gasteiger partial charge >= 0.3 is 5.97 Å². The Morgan fingerprint density at radius 3 is 2.52 bits per heavy atom. The molecule has 1 rings (SSSR count). The molecule has 0 amide bonds. The molecule has 0 heterocycles. The van der Waals surface area contributed by atoms with Crippen molar-refractivity contribution in [1.82, 2.24) is 10.6 Å². The van der Waals surface area contributed by atoms with E-state index in [1.807, 2.05) is 38.1 Å². The van der Waals surface area contributed by atoms with Crippen LogP contribution in [0.15, 0.2) is 29.3 Å². The predicted octanol–water partition coefficient (Wildman–Crippen LogP) is 2.98. The largest absolute Gasteiger partial charge is 0.493 e. The molecule has 0 aliphatic carbocycles. The summed E-state index contributed by atoms with van der Waals surface area (Å²) in [6, 6.07) is 7.54. The maximum atomic E-state index is 11.3. The Morgan fingerprint density at radius 1 is 1.19 bits per heavy atom. The van der Waals surface area contributed by atoms with Crippen molar-refractivity contribution < 1.29 is 19.0 Å². The Balaban J connectivity index is 0.00000676. The Kier molecular flexibility index (Phi) is 14.4. The Hall–Kier alpha value is -1.71. The smallest absolute Gasteiger partial charge is 0.305 e. The summed E-state index contributed by atoms with van der Waals surface area (Å²) in [6.45, 7) is 8.08. The third-order valence-electron chi connectivity index (χ3n) is 3.40. The van der Waals surface area contributed by atoms with E-state index < -0.39 is 0 Å². The lowest BCUT2D eigenvalue weighted by molar-refractivity contribution is -0.143. The van der Waals surface area contributed by atoms with Gasteiger partial charge in [0.1, 0.15) is 6.10 Å². The van der Waals surface area contributed by atoms with Gasteiger partial charge in [0, 0.05) is 19.5 Å². The minimum absolute atomic E-state index is 0. The number of carbonyl (C=O) groups excluding carboxylic acids is 1. The Bertz CT molecular complexity index is 570. The van der Waals surface area contributed by atoms with Crippen LogP contribution in [0.5, 0.6) is 11.5 Å². The van der Waals surface area contributed by atoms with Crippen LogP contribution >= 0.6 is 24.0 Å². The SMILES string of the molecule is CCNC(=NCC(C)Oc1ccccc1OC)NCCCC(=O)OCC.I. The van der Waals surface area contributed by atoms with Crippen LogP contribution in [0.3, 0.4) is 0 Å². The van der Waals surface area contributed by atoms with E-state index in [1.165, 1.54) is 0 Å². The van der Waals surface area contributed by atoms with Gasteiger partial charge in [0.2, 0.25) is 0 Å². The summed E-state index contributed by atoms with van der Waals surface area (Å²) in [4.78, 5) is 15.9. The van der Waals surface area contributed by atoms with Crippen LogP contribution in [0.1, 0.15) is 33.6 Å². The molecule has 1 atom stereocenters. The first-order valence-electron chi connectivity index (χ1n) is 9.08. The summed E-state index contributed by atoms with van der Waals surface area (Å²) >= 11 is 0. The van der Waals surface area contributed by atoms with Gasteiger partial charge in [-0.1, -0.05) is 12.1 Å². The van der Waals surface area contributed by atoms with Crippen LogP contribution in [0, 0.1) is 0 Å². The van der Waals surface area contributed by atoms with Gasteiger partial charge in [-0.25, -0.2) is 4.99 Å². The zero-order chi connectivity index (χ0) is 19.2. The summed E-state index contributed by atoms with van der Waals surface area (Å²) in [5, 5.41) is 6.39. The minimum Gasteiger partial charge on any atom is -0.493 e. The van der Waals surface area contributed by atoms with Crippen LogP contribution in [-0.4, -0.2) is 51.4 Å². The summed E-state index contributed by atoms with van der Waals surface area (Å²) < 4.78 is 16.1. The molecule has 8 heteroatoms. The van der Waals surface area contributed by atoms with E-state index in [2.05, 4.69) is 15.6 Å². The van der Waals surface area contributed by atoms with Crippen molar-refractivity contribution in [3.05, 3.63) is 24.3 Å². The molecule has 0 radical (unpaired) electrons. The molecular formula is C19H32IN3O4. The minimum atomic E-state index is -0.171. The molecule has 2 N–H and O–H groups in total. The first kappa shape index (κ1) is 25.3. The second-order valence-electron chi connectivity index (χ2n) is 5.63. The molecule has 0 saturated carbocycles. The average Bonchev–Trinajstić information content (AvgIpc) is 2.63. The lowest BCUT2D eigenvalue weighted by atomic mass is 10.3. The molecule has 154 valence electrons. The molecule has 7 nitrogen and oxygen atoms in total. The van der Waals surface area contributed by atoms with E-state index in [-0.39, 0.29) is 36.0 Å². The first-order valence-corrected chi connectivity index (χ1v) is 9.08. The van der Waals surface area contributed by atoms with Crippen molar-refractivity contribution in [1.29, 1.82) is 0 Å². The monoisotopic (exact) mass is 493 g/mol. The number of para-hydroxylation sites is 2. The molecule has 0 spiro atoms. The number of aliphatic imine (C=N–C) groups is 1. The topological polar surface area (TPSA) is 81.2 Å². The van der Waals surface area contributed by atoms with Gasteiger partial charge in [-0.3, -0.25) is 4.79 Å². The molecule has 0 aliphatic rings. The number of guanidine groups is 1. The fourth-order valence-electron chi connectivity index (χ4n) is 2.20. The van der Waals surface area contributed by atoms with E-state index in [0.717, 1.165) is 6.54 Å². The molecule has 0 fully saturated rings. The van der Waals surface area contributed by atoms with E-state index in [0.29, 0.717) is 50.0 Å². The number of carbonyl (C=O) groups is 1. The first-order chi connectivity index (χ1) is 12.6. The van der Waals surface area contributed by atoms with E-state index in [1.54, 1.807) is 14.0 Å². The van der Waals surface area contributed by atoms with Crippen LogP contribution in [0.2, 0.25) is 0 Å². The van der Waals surface area contributed by atoms with Crippen molar-refractivity contribution >= 4 is 35.9 Å². The zero-order valence-electron chi connectivity index (χ0n) is 16.6. The zero-order valence-corrected chi connectivity index (χ0v) is 18.9. The van der Waals surface area contributed by atoms with Gasteiger partial charge in [-0.05, 0) is 39.3 Å². The molecular weight excluding hydrogens is 461 g/mol. The quantitative estimate of drug-likeness (QED) is 0.162. The highest BCUT2D eigenvalue weighted by molar-refractivity contribution is 14.0. The lowest BCUT2D eigenvalue weighted by Crippen LogP contribution is -2.38. The summed E-state index contributed by atoms with van der Waals surface area (Å²) in [6.07, 6.45) is 0.977. The number of ether oxygens (including phenoxy) is 3. The van der Waals surface area contributed by atoms with Crippen LogP contribution in [0.25, 0.3) is 0 Å². The third kappa shape index (κ3) is 10.9. The second kappa shape index (κ2) is 15.4. The Morgan fingerprint density at radius 2 is 1.89 bits per heavy atom. The van der Waals surface area contributed by atoms with Gasteiger partial charge in [-0.2, -0.15) is 0 Å². The van der Waals surface area contributed by atoms with E-state index >= 15 is 0 Å². The van der Waals surface area contributed by atoms with Crippen LogP contribution in [-0.2, 0) is 9.53 Å². The Labute approximate surface area is 179 Å². The number of rotatable bonds is 11. The molecule has 0 aliphatic heterocycles. The molecule has 1 aromatic rings. The fraction of sp³-hybridized carbons (Fsp3) is 0.579. The number of methoxy groups -OCH3 is 1. The van der Waals surface area contributed by atoms with Crippen molar-refractivity contribution in [2.24, 2.45) is 4.99 Å². The predicted molar refractivity (Wildman–Crippen MR) is 118 cm³/mol. The van der Waals surface area contributed by atoms with E-state index in [4.69, 9.17) is 14.2 Å². The number of hydrogen-bond donors (Lipinski definition) is 2. The highest BCUT2D eigenvalue weighted by atomic mass is 127. The van der Waals surface area contributed by atoms with Crippen LogP contribution < -0.4 is 20.1 Å². The normalized spacial score (nSPS) is 11.8. The summed E-state index contributed by atoms with van der Waals surface area (Å²) in [5.74, 6) is 1.93. The van der Waals surface area contributed by atoms with Gasteiger partial charge < -0.3 is 24.8 Å². The van der Waals surface area contributed by atoms with Gasteiger partial charge in [-0.15, -0.1) is 24.0 Å². The van der Waals surface area contributed by atoms with Crippen LogP contribution in [0.4, 0.5) is 0 Å². The third-order valence-corrected chi connectivity index (χ3v) is 3.40. The fourth-order valence-corrected chi connectivity index (χ4v) is 2.20. The number of benzene rings is 1. The number of hydrogen-bond acceptors (Lipinski definition) is 5. The van der Waals surface area contributed by atoms with Crippen molar-refractivity contribution in [3.8, 4) is 11.5 Å². The maximum absolute atomic E-state index is 11.3. The second-order valence-corrected chi connectivity index (χ2v) is 5.63. The van der Waals surface area contributed by atoms with Crippen molar-refractivity contribution in [3.63, 3.8) is 0 Å². The number of nitrogens with one attached hydrogen (secondary N) is 2. The van der Waals surface area contributed by atoms with Crippen molar-refractivity contribution in [2.45, 2.75) is 39.7 Å². The molecule has 1 unspecified atom stereocenters. The molecule has 0 saturated heterocycles. The average molecular weight is 493 g/mol. The lowest BCUT2D eigenvalue weighted by Gasteiger charge is -2.16. The number of esters is 1. The molecule has 27 heavy (non-hydrogen) atoms. The summed E-state index contributed by atoms with van der Waals surface area (Å²) in [7, 11) is 1.62. The van der Waals surface area contributed by atoms with Crippen molar-refractivity contribution in [2.75, 3.05) is 33.4 Å². The van der Waals surface area contributed by atoms with Gasteiger partial charge in [0.25, 0.3) is 0 Å². The summed E-state index contributed by atoms with van der Waals surface area (Å²) in [5.41, 5.74) is 0. The standard InChI is InChI=1S/C19H31N3O4.HI/c1-5-20-19(21-13-9-12-18(23)25-6-2)22-14-15(3)26-17-11-8-7-10-16(17)24-4;/h7-8,10-11,15H,5-6,9,12-14H2,1-4H3,(H2,20,21,22);1H. The van der Waals surface area contributed by atoms with E-state index in [9.17, 15) is 4.79 Å². The van der Waals surface area contributed by atoms with Gasteiger partial charge in [0.15, 0.2) is 17.5 Å². The molecule has 0 bridgehead atoms. The number of halogens is 1. The van der Waals surface area contributed by atoms with Gasteiger partial charge in [0.05, 0.1) is 20.3 Å². The maximum Gasteiger partial charge on any atom is 0.305 e. The number of nitrogens with zero attached hydrogens (tertiary/aromatic N) is 1. The highest BCUT2D eigenvalue weighted by Crippen LogP contribution is 2.26. The highest BCUT2D eigenvalue weighted by Gasteiger charge is 2.09. The molecule has 1 aromatic carbocycles.